The average molecular weight is 336 g/mol. The van der Waals surface area contributed by atoms with Crippen molar-refractivity contribution in [2.24, 2.45) is 17.6 Å². The number of halogens is 1. The molecule has 0 spiro atoms. The van der Waals surface area contributed by atoms with Crippen molar-refractivity contribution in [3.8, 4) is 0 Å². The molecule has 2 saturated carbocycles. The highest BCUT2D eigenvalue weighted by molar-refractivity contribution is 7.99. The molecule has 1 aromatic carbocycles. The Bertz CT molecular complexity index is 522. The molecular weight excluding hydrogens is 311 g/mol. The Morgan fingerprint density at radius 1 is 1.22 bits per heavy atom. The molecule has 1 aromatic rings. The molecule has 0 aliphatic heterocycles. The van der Waals surface area contributed by atoms with Gasteiger partial charge in [-0.15, -0.1) is 11.8 Å². The van der Waals surface area contributed by atoms with Gasteiger partial charge in [-0.25, -0.2) is 4.39 Å². The Balaban J connectivity index is 1.45. The summed E-state index contributed by atoms with van der Waals surface area (Å²) in [6, 6.07) is 7.05. The summed E-state index contributed by atoms with van der Waals surface area (Å²) in [6.45, 7) is 0. The zero-order valence-corrected chi connectivity index (χ0v) is 14.2. The summed E-state index contributed by atoms with van der Waals surface area (Å²) < 4.78 is 12.9. The minimum Gasteiger partial charge on any atom is -0.353 e. The van der Waals surface area contributed by atoms with Gasteiger partial charge in [-0.2, -0.15) is 0 Å². The lowest BCUT2D eigenvalue weighted by atomic mass is 9.67. The van der Waals surface area contributed by atoms with Gasteiger partial charge in [0.25, 0.3) is 0 Å². The van der Waals surface area contributed by atoms with E-state index in [0.29, 0.717) is 30.3 Å². The third-order valence-corrected chi connectivity index (χ3v) is 6.13. The fourth-order valence-corrected chi connectivity index (χ4v) is 4.93. The lowest BCUT2D eigenvalue weighted by Gasteiger charge is -2.45. The molecule has 2 unspecified atom stereocenters. The standard InChI is InChI=1S/C18H25FN2OS/c19-14-4-6-16(7-5-14)23-9-8-17(22)21-18-12-2-1-3-13(18)11-15(20)10-12/h4-7,12-13,15,18H,1-3,8-11,20H2,(H,21,22). The third kappa shape index (κ3) is 4.48. The number of rotatable bonds is 5. The van der Waals surface area contributed by atoms with Gasteiger partial charge in [0.15, 0.2) is 0 Å². The van der Waals surface area contributed by atoms with Gasteiger partial charge in [-0.3, -0.25) is 4.79 Å². The van der Waals surface area contributed by atoms with Crippen LogP contribution in [0.4, 0.5) is 4.39 Å². The molecule has 2 bridgehead atoms. The fourth-order valence-electron chi connectivity index (χ4n) is 4.08. The number of hydrogen-bond acceptors (Lipinski definition) is 3. The minimum absolute atomic E-state index is 0.136. The molecule has 2 fully saturated rings. The smallest absolute Gasteiger partial charge is 0.221 e. The van der Waals surface area contributed by atoms with Gasteiger partial charge in [0.1, 0.15) is 5.82 Å². The first-order chi connectivity index (χ1) is 11.1. The SMILES string of the molecule is NC1CC2CCCC(C1)C2NC(=O)CCSc1ccc(F)cc1. The van der Waals surface area contributed by atoms with E-state index in [1.165, 1.54) is 31.4 Å². The van der Waals surface area contributed by atoms with Crippen molar-refractivity contribution in [1.29, 1.82) is 0 Å². The monoisotopic (exact) mass is 336 g/mol. The number of thioether (sulfide) groups is 1. The molecule has 0 heterocycles. The summed E-state index contributed by atoms with van der Waals surface area (Å²) in [5, 5.41) is 3.27. The zero-order valence-electron chi connectivity index (χ0n) is 13.3. The Hall–Kier alpha value is -1.07. The van der Waals surface area contributed by atoms with Gasteiger partial charge in [-0.05, 0) is 61.8 Å². The van der Waals surface area contributed by atoms with Crippen LogP contribution in [-0.2, 0) is 4.79 Å². The van der Waals surface area contributed by atoms with Crippen molar-refractivity contribution in [3.05, 3.63) is 30.1 Å². The summed E-state index contributed by atoms with van der Waals surface area (Å²) in [5.41, 5.74) is 6.13. The van der Waals surface area contributed by atoms with Crippen LogP contribution >= 0.6 is 11.8 Å². The number of hydrogen-bond donors (Lipinski definition) is 2. The predicted octanol–water partition coefficient (Wildman–Crippen LogP) is 3.33. The van der Waals surface area contributed by atoms with Gasteiger partial charge < -0.3 is 11.1 Å². The first-order valence-electron chi connectivity index (χ1n) is 8.55. The molecular formula is C18H25FN2OS. The Labute approximate surface area is 141 Å². The number of fused-ring (bicyclic) bond motifs is 2. The number of nitrogens with one attached hydrogen (secondary N) is 1. The number of nitrogens with two attached hydrogens (primary N) is 1. The van der Waals surface area contributed by atoms with Crippen LogP contribution in [0.1, 0.15) is 38.5 Å². The Morgan fingerprint density at radius 2 is 1.87 bits per heavy atom. The molecule has 2 aliphatic carbocycles. The molecule has 23 heavy (non-hydrogen) atoms. The zero-order chi connectivity index (χ0) is 16.2. The molecule has 0 saturated heterocycles. The van der Waals surface area contributed by atoms with Crippen LogP contribution in [0.3, 0.4) is 0 Å². The van der Waals surface area contributed by atoms with Crippen LogP contribution in [0, 0.1) is 17.7 Å². The molecule has 2 aliphatic rings. The fraction of sp³-hybridized carbons (Fsp3) is 0.611. The molecule has 0 radical (unpaired) electrons. The van der Waals surface area contributed by atoms with Crippen LogP contribution in [0.15, 0.2) is 29.2 Å². The maximum Gasteiger partial charge on any atom is 0.221 e. The second-order valence-electron chi connectivity index (χ2n) is 6.83. The summed E-state index contributed by atoms with van der Waals surface area (Å²) >= 11 is 1.59. The molecule has 126 valence electrons. The first kappa shape index (κ1) is 16.8. The second-order valence-corrected chi connectivity index (χ2v) is 8.00. The van der Waals surface area contributed by atoms with Crippen molar-refractivity contribution >= 4 is 17.7 Å². The van der Waals surface area contributed by atoms with E-state index in [1.807, 2.05) is 0 Å². The van der Waals surface area contributed by atoms with E-state index in [9.17, 15) is 9.18 Å². The third-order valence-electron chi connectivity index (χ3n) is 5.12. The van der Waals surface area contributed by atoms with Crippen molar-refractivity contribution in [3.63, 3.8) is 0 Å². The maximum atomic E-state index is 12.9. The Morgan fingerprint density at radius 3 is 2.52 bits per heavy atom. The van der Waals surface area contributed by atoms with Crippen LogP contribution < -0.4 is 11.1 Å². The lowest BCUT2D eigenvalue weighted by Crippen LogP contribution is -2.53. The van der Waals surface area contributed by atoms with E-state index in [2.05, 4.69) is 5.32 Å². The quantitative estimate of drug-likeness (QED) is 0.811. The van der Waals surface area contributed by atoms with E-state index in [4.69, 9.17) is 5.73 Å². The van der Waals surface area contributed by atoms with Crippen LogP contribution in [0.25, 0.3) is 0 Å². The van der Waals surface area contributed by atoms with E-state index < -0.39 is 0 Å². The summed E-state index contributed by atoms with van der Waals surface area (Å²) in [6.07, 6.45) is 6.26. The lowest BCUT2D eigenvalue weighted by molar-refractivity contribution is -0.123. The normalized spacial score (nSPS) is 30.0. The summed E-state index contributed by atoms with van der Waals surface area (Å²) in [5.74, 6) is 1.75. The molecule has 3 N–H and O–H groups in total. The molecule has 2 atom stereocenters. The predicted molar refractivity (Wildman–Crippen MR) is 91.7 cm³/mol. The van der Waals surface area contributed by atoms with Crippen LogP contribution in [0.5, 0.6) is 0 Å². The van der Waals surface area contributed by atoms with Crippen LogP contribution in [0.2, 0.25) is 0 Å². The highest BCUT2D eigenvalue weighted by Gasteiger charge is 2.39. The van der Waals surface area contributed by atoms with Crippen molar-refractivity contribution in [1.82, 2.24) is 5.32 Å². The average Bonchev–Trinajstić information content (AvgIpc) is 2.50. The summed E-state index contributed by atoms with van der Waals surface area (Å²) in [4.78, 5) is 13.3. The number of benzene rings is 1. The number of amides is 1. The minimum atomic E-state index is -0.228. The highest BCUT2D eigenvalue weighted by Crippen LogP contribution is 2.39. The number of carbonyl (C=O) groups excluding carboxylic acids is 1. The second kappa shape index (κ2) is 7.67. The van der Waals surface area contributed by atoms with Crippen LogP contribution in [-0.4, -0.2) is 23.7 Å². The molecule has 1 amide bonds. The van der Waals surface area contributed by atoms with Gasteiger partial charge in [-0.1, -0.05) is 6.42 Å². The van der Waals surface area contributed by atoms with E-state index in [1.54, 1.807) is 23.9 Å². The topological polar surface area (TPSA) is 55.1 Å². The molecule has 3 rings (SSSR count). The van der Waals surface area contributed by atoms with Crippen molar-refractivity contribution in [2.45, 2.75) is 55.5 Å². The van der Waals surface area contributed by atoms with E-state index >= 15 is 0 Å². The largest absolute Gasteiger partial charge is 0.353 e. The first-order valence-corrected chi connectivity index (χ1v) is 9.53. The van der Waals surface area contributed by atoms with Crippen molar-refractivity contribution < 1.29 is 9.18 Å². The molecule has 5 heteroatoms. The van der Waals surface area contributed by atoms with Gasteiger partial charge >= 0.3 is 0 Å². The maximum absolute atomic E-state index is 12.9. The van der Waals surface area contributed by atoms with E-state index in [0.717, 1.165) is 23.5 Å². The molecule has 3 nitrogen and oxygen atoms in total. The molecule has 0 aromatic heterocycles. The van der Waals surface area contributed by atoms with Gasteiger partial charge in [0, 0.05) is 29.2 Å². The number of carbonyl (C=O) groups is 1. The van der Waals surface area contributed by atoms with Gasteiger partial charge in [0.05, 0.1) is 0 Å². The van der Waals surface area contributed by atoms with E-state index in [-0.39, 0.29) is 11.7 Å². The van der Waals surface area contributed by atoms with Crippen molar-refractivity contribution in [2.75, 3.05) is 5.75 Å². The highest BCUT2D eigenvalue weighted by atomic mass is 32.2. The summed E-state index contributed by atoms with van der Waals surface area (Å²) in [7, 11) is 0. The Kier molecular flexibility index (Phi) is 5.59. The van der Waals surface area contributed by atoms with Gasteiger partial charge in [0.2, 0.25) is 5.91 Å².